The maximum atomic E-state index is 14.0. The van der Waals surface area contributed by atoms with Gasteiger partial charge >= 0.3 is 0 Å². The molecule has 0 aromatic heterocycles. The molecule has 0 bridgehead atoms. The molecule has 1 N–H and O–H groups in total. The van der Waals surface area contributed by atoms with Crippen LogP contribution in [0.25, 0.3) is 0 Å². The number of aryl methyl sites for hydroxylation is 1. The number of hydrogen-bond acceptors (Lipinski definition) is 5. The Morgan fingerprint density at radius 1 is 0.950 bits per heavy atom. The third kappa shape index (κ3) is 8.08. The van der Waals surface area contributed by atoms with E-state index in [-0.39, 0.29) is 17.3 Å². The maximum absolute atomic E-state index is 14.0. The molecule has 3 aromatic carbocycles. The van der Waals surface area contributed by atoms with Crippen LogP contribution in [0.2, 0.25) is 0 Å². The van der Waals surface area contributed by atoms with E-state index in [2.05, 4.69) is 21.2 Å². The fraction of sp³-hybridized carbons (Fsp3) is 0.333. The van der Waals surface area contributed by atoms with E-state index < -0.39 is 34.1 Å². The van der Waals surface area contributed by atoms with E-state index in [1.165, 1.54) is 17.0 Å². The highest BCUT2D eigenvalue weighted by Gasteiger charge is 2.33. The molecule has 8 nitrogen and oxygen atoms in total. The SMILES string of the molecule is COc1ccc(CN(C(=O)CN(c2ccc(Br)cc2)S(=O)(=O)c2ccc(C)cc2)[C@H](C)C(=O)NC(C)(C)C)cc1. The Kier molecular flexibility index (Phi) is 10.0. The van der Waals surface area contributed by atoms with E-state index >= 15 is 0 Å². The molecule has 0 radical (unpaired) electrons. The molecule has 3 aromatic rings. The van der Waals surface area contributed by atoms with Crippen LogP contribution in [0.3, 0.4) is 0 Å². The van der Waals surface area contributed by atoms with Crippen molar-refractivity contribution in [3.05, 3.63) is 88.4 Å². The van der Waals surface area contributed by atoms with Crippen molar-refractivity contribution in [2.45, 2.75) is 57.6 Å². The van der Waals surface area contributed by atoms with Crippen LogP contribution < -0.4 is 14.4 Å². The number of halogens is 1. The Bertz CT molecular complexity index is 1420. The second-order valence-corrected chi connectivity index (χ2v) is 13.4. The first-order valence-electron chi connectivity index (χ1n) is 12.8. The van der Waals surface area contributed by atoms with Crippen LogP contribution in [0.15, 0.2) is 82.2 Å². The van der Waals surface area contributed by atoms with Crippen molar-refractivity contribution in [1.29, 1.82) is 0 Å². The molecule has 3 rings (SSSR count). The van der Waals surface area contributed by atoms with Gasteiger partial charge in [-0.3, -0.25) is 13.9 Å². The van der Waals surface area contributed by atoms with Gasteiger partial charge in [-0.1, -0.05) is 45.8 Å². The molecule has 1 atom stereocenters. The number of ether oxygens (including phenoxy) is 1. The topological polar surface area (TPSA) is 96.0 Å². The van der Waals surface area contributed by atoms with Crippen molar-refractivity contribution in [2.24, 2.45) is 0 Å². The lowest BCUT2D eigenvalue weighted by molar-refractivity contribution is -0.140. The average molecular weight is 631 g/mol. The molecule has 0 aliphatic heterocycles. The minimum atomic E-state index is -4.12. The molecule has 0 heterocycles. The molecule has 10 heteroatoms. The number of nitrogens with zero attached hydrogens (tertiary/aromatic N) is 2. The number of sulfonamides is 1. The van der Waals surface area contributed by atoms with Gasteiger partial charge in [0.2, 0.25) is 11.8 Å². The highest BCUT2D eigenvalue weighted by Crippen LogP contribution is 2.26. The number of nitrogens with one attached hydrogen (secondary N) is 1. The van der Waals surface area contributed by atoms with Crippen molar-refractivity contribution in [3.8, 4) is 5.75 Å². The quantitative estimate of drug-likeness (QED) is 0.329. The van der Waals surface area contributed by atoms with Gasteiger partial charge in [0.25, 0.3) is 10.0 Å². The average Bonchev–Trinajstić information content (AvgIpc) is 2.90. The second kappa shape index (κ2) is 12.9. The first kappa shape index (κ1) is 31.2. The summed E-state index contributed by atoms with van der Waals surface area (Å²) in [5, 5.41) is 2.92. The van der Waals surface area contributed by atoms with Gasteiger partial charge in [0.15, 0.2) is 0 Å². The number of anilines is 1. The third-order valence-corrected chi connectivity index (χ3v) is 8.50. The summed E-state index contributed by atoms with van der Waals surface area (Å²) in [5.41, 5.74) is 1.49. The smallest absolute Gasteiger partial charge is 0.264 e. The Balaban J connectivity index is 2.02. The Hall–Kier alpha value is -3.37. The highest BCUT2D eigenvalue weighted by molar-refractivity contribution is 9.10. The fourth-order valence-corrected chi connectivity index (χ4v) is 5.64. The summed E-state index contributed by atoms with van der Waals surface area (Å²) in [6.07, 6.45) is 0. The van der Waals surface area contributed by atoms with Crippen molar-refractivity contribution in [1.82, 2.24) is 10.2 Å². The summed E-state index contributed by atoms with van der Waals surface area (Å²) < 4.78 is 34.8. The largest absolute Gasteiger partial charge is 0.497 e. The second-order valence-electron chi connectivity index (χ2n) is 10.6. The molecule has 0 saturated heterocycles. The Labute approximate surface area is 245 Å². The minimum Gasteiger partial charge on any atom is -0.497 e. The first-order chi connectivity index (χ1) is 18.7. The maximum Gasteiger partial charge on any atom is 0.264 e. The predicted octanol–water partition coefficient (Wildman–Crippen LogP) is 5.29. The molecule has 2 amide bonds. The monoisotopic (exact) mass is 629 g/mol. The normalized spacial score (nSPS) is 12.4. The zero-order valence-corrected chi connectivity index (χ0v) is 26.0. The molecule has 0 fully saturated rings. The van der Waals surface area contributed by atoms with Crippen molar-refractivity contribution < 1.29 is 22.7 Å². The Morgan fingerprint density at radius 2 is 1.52 bits per heavy atom. The predicted molar refractivity (Wildman–Crippen MR) is 161 cm³/mol. The summed E-state index contributed by atoms with van der Waals surface area (Å²) in [6.45, 7) is 8.68. The first-order valence-corrected chi connectivity index (χ1v) is 15.0. The lowest BCUT2D eigenvalue weighted by Crippen LogP contribution is -2.54. The van der Waals surface area contributed by atoms with E-state index in [4.69, 9.17) is 4.74 Å². The molecular formula is C30H36BrN3O5S. The molecule has 40 heavy (non-hydrogen) atoms. The number of benzene rings is 3. The lowest BCUT2D eigenvalue weighted by Gasteiger charge is -2.33. The third-order valence-electron chi connectivity index (χ3n) is 6.18. The number of carbonyl (C=O) groups excluding carboxylic acids is 2. The van der Waals surface area contributed by atoms with E-state index in [1.807, 2.05) is 39.8 Å². The van der Waals surface area contributed by atoms with E-state index in [0.717, 1.165) is 19.9 Å². The summed E-state index contributed by atoms with van der Waals surface area (Å²) >= 11 is 3.38. The molecule has 0 aliphatic rings. The van der Waals surface area contributed by atoms with E-state index in [0.29, 0.717) is 11.4 Å². The van der Waals surface area contributed by atoms with Crippen LogP contribution in [-0.2, 0) is 26.2 Å². The molecular weight excluding hydrogens is 594 g/mol. The van der Waals surface area contributed by atoms with Crippen LogP contribution in [0, 0.1) is 6.92 Å². The molecule has 214 valence electrons. The van der Waals surface area contributed by atoms with Gasteiger partial charge in [-0.05, 0) is 88.7 Å². The summed E-state index contributed by atoms with van der Waals surface area (Å²) in [4.78, 5) is 28.6. The summed E-state index contributed by atoms with van der Waals surface area (Å²) in [7, 11) is -2.55. The van der Waals surface area contributed by atoms with Crippen LogP contribution in [0.5, 0.6) is 5.75 Å². The highest BCUT2D eigenvalue weighted by atomic mass is 79.9. The number of carbonyl (C=O) groups is 2. The number of methoxy groups -OCH3 is 1. The standard InChI is InChI=1S/C30H36BrN3O5S/c1-21-7-17-27(18-8-21)40(37,38)34(25-13-11-24(31)12-14-25)20-28(35)33(22(2)29(36)32-30(3,4)5)19-23-9-15-26(39-6)16-10-23/h7-18,22H,19-20H2,1-6H3,(H,32,36)/t22-/m1/s1. The minimum absolute atomic E-state index is 0.0639. The van der Waals surface area contributed by atoms with Crippen molar-refractivity contribution in [3.63, 3.8) is 0 Å². The van der Waals surface area contributed by atoms with Crippen molar-refractivity contribution >= 4 is 43.5 Å². The van der Waals surface area contributed by atoms with E-state index in [1.54, 1.807) is 62.6 Å². The summed E-state index contributed by atoms with van der Waals surface area (Å²) in [6, 6.07) is 19.4. The van der Waals surface area contributed by atoms with E-state index in [9.17, 15) is 18.0 Å². The van der Waals surface area contributed by atoms with Crippen LogP contribution in [0.4, 0.5) is 5.69 Å². The zero-order valence-electron chi connectivity index (χ0n) is 23.6. The number of rotatable bonds is 10. The van der Waals surface area contributed by atoms with Crippen LogP contribution in [0.1, 0.15) is 38.8 Å². The van der Waals surface area contributed by atoms with Gasteiger partial charge < -0.3 is 15.0 Å². The Morgan fingerprint density at radius 3 is 2.05 bits per heavy atom. The van der Waals surface area contributed by atoms with Gasteiger partial charge in [0, 0.05) is 16.6 Å². The molecule has 0 saturated carbocycles. The number of amides is 2. The molecule has 0 spiro atoms. The molecule has 0 aliphatic carbocycles. The summed E-state index contributed by atoms with van der Waals surface area (Å²) in [5.74, 6) is -0.206. The lowest BCUT2D eigenvalue weighted by atomic mass is 10.1. The number of hydrogen-bond donors (Lipinski definition) is 1. The van der Waals surface area contributed by atoms with Gasteiger partial charge in [0.05, 0.1) is 17.7 Å². The van der Waals surface area contributed by atoms with Gasteiger partial charge in [-0.15, -0.1) is 0 Å². The fourth-order valence-electron chi connectivity index (χ4n) is 3.96. The van der Waals surface area contributed by atoms with Gasteiger partial charge in [0.1, 0.15) is 18.3 Å². The van der Waals surface area contributed by atoms with Gasteiger partial charge in [-0.2, -0.15) is 0 Å². The van der Waals surface area contributed by atoms with Crippen LogP contribution >= 0.6 is 15.9 Å². The van der Waals surface area contributed by atoms with Gasteiger partial charge in [-0.25, -0.2) is 8.42 Å². The van der Waals surface area contributed by atoms with Crippen LogP contribution in [-0.4, -0.2) is 50.4 Å². The molecule has 0 unspecified atom stereocenters. The van der Waals surface area contributed by atoms with Crippen molar-refractivity contribution in [2.75, 3.05) is 18.0 Å². The zero-order chi connectivity index (χ0) is 29.7.